The molecule has 1 saturated heterocycles. The highest BCUT2D eigenvalue weighted by Crippen LogP contribution is 2.44. The van der Waals surface area contributed by atoms with E-state index in [1.165, 1.54) is 11.1 Å². The molecule has 2 fully saturated rings. The highest BCUT2D eigenvalue weighted by molar-refractivity contribution is 5.85. The van der Waals surface area contributed by atoms with E-state index >= 15 is 0 Å². The summed E-state index contributed by atoms with van der Waals surface area (Å²) in [4.78, 5) is 14.8. The molecule has 1 aliphatic heterocycles. The van der Waals surface area contributed by atoms with Crippen molar-refractivity contribution in [1.82, 2.24) is 4.90 Å². The van der Waals surface area contributed by atoms with Gasteiger partial charge in [-0.1, -0.05) is 31.2 Å². The number of aliphatic hydroxyl groups is 1. The summed E-state index contributed by atoms with van der Waals surface area (Å²) >= 11 is 0. The minimum absolute atomic E-state index is 0.148. The van der Waals surface area contributed by atoms with Crippen molar-refractivity contribution >= 4 is 5.91 Å². The predicted molar refractivity (Wildman–Crippen MR) is 87.6 cm³/mol. The zero-order valence-electron chi connectivity index (χ0n) is 13.6. The third kappa shape index (κ3) is 3.05. The van der Waals surface area contributed by atoms with Gasteiger partial charge in [-0.15, -0.1) is 0 Å². The fourth-order valence-corrected chi connectivity index (χ4v) is 3.93. The van der Waals surface area contributed by atoms with Gasteiger partial charge in [0.25, 0.3) is 0 Å². The Morgan fingerprint density at radius 2 is 1.77 bits per heavy atom. The maximum absolute atomic E-state index is 12.8. The van der Waals surface area contributed by atoms with Crippen molar-refractivity contribution in [3.8, 4) is 0 Å². The molecule has 1 aromatic rings. The summed E-state index contributed by atoms with van der Waals surface area (Å²) in [6.07, 6.45) is 6.12. The molecule has 1 spiro atoms. The van der Waals surface area contributed by atoms with E-state index in [1.807, 2.05) is 4.90 Å². The number of aryl methyl sites for hydroxylation is 1. The number of rotatable bonds is 4. The number of benzene rings is 1. The topological polar surface area (TPSA) is 40.5 Å². The normalized spacial score (nSPS) is 28.5. The molecule has 1 saturated carbocycles. The number of hydrogen-bond donors (Lipinski definition) is 1. The number of carbonyl (C=O) groups is 1. The molecule has 0 bridgehead atoms. The van der Waals surface area contributed by atoms with E-state index in [-0.39, 0.29) is 11.5 Å². The molecule has 1 N–H and O–H groups in total. The zero-order chi connectivity index (χ0) is 15.6. The number of hydrogen-bond acceptors (Lipinski definition) is 2. The molecule has 1 aliphatic carbocycles. The van der Waals surface area contributed by atoms with Crippen molar-refractivity contribution in [3.63, 3.8) is 0 Å². The molecule has 22 heavy (non-hydrogen) atoms. The van der Waals surface area contributed by atoms with Gasteiger partial charge >= 0.3 is 0 Å². The van der Waals surface area contributed by atoms with E-state index in [0.29, 0.717) is 5.91 Å². The van der Waals surface area contributed by atoms with E-state index in [0.717, 1.165) is 58.0 Å². The summed E-state index contributed by atoms with van der Waals surface area (Å²) in [6, 6.07) is 8.74. The fraction of sp³-hybridized carbons (Fsp3) is 0.632. The molecule has 1 aromatic carbocycles. The van der Waals surface area contributed by atoms with E-state index in [9.17, 15) is 9.90 Å². The Balaban J connectivity index is 1.56. The van der Waals surface area contributed by atoms with Crippen LogP contribution in [0.25, 0.3) is 0 Å². The molecule has 0 atom stereocenters. The van der Waals surface area contributed by atoms with Gasteiger partial charge in [0.15, 0.2) is 0 Å². The van der Waals surface area contributed by atoms with Crippen LogP contribution in [0.4, 0.5) is 0 Å². The maximum Gasteiger partial charge on any atom is 0.228 e. The number of nitrogens with zero attached hydrogens (tertiary/aromatic N) is 1. The molecule has 0 unspecified atom stereocenters. The fourth-order valence-electron chi connectivity index (χ4n) is 3.93. The largest absolute Gasteiger partial charge is 0.393 e. The average Bonchev–Trinajstić information content (AvgIpc) is 2.85. The molecule has 1 amide bonds. The first kappa shape index (κ1) is 15.5. The first-order valence-corrected chi connectivity index (χ1v) is 8.68. The highest BCUT2D eigenvalue weighted by atomic mass is 16.3. The third-order valence-electron chi connectivity index (χ3n) is 5.62. The van der Waals surface area contributed by atoms with Gasteiger partial charge in [-0.25, -0.2) is 0 Å². The predicted octanol–water partition coefficient (Wildman–Crippen LogP) is 2.95. The average molecular weight is 301 g/mol. The van der Waals surface area contributed by atoms with Crippen molar-refractivity contribution in [2.45, 2.75) is 58.0 Å². The van der Waals surface area contributed by atoms with Crippen LogP contribution in [0.1, 0.15) is 50.2 Å². The summed E-state index contributed by atoms with van der Waals surface area (Å²) in [7, 11) is 0. The van der Waals surface area contributed by atoms with Crippen molar-refractivity contribution in [3.05, 3.63) is 35.4 Å². The first-order chi connectivity index (χ1) is 10.6. The zero-order valence-corrected chi connectivity index (χ0v) is 13.6. The molecule has 0 aromatic heterocycles. The number of likely N-dealkylation sites (tertiary alicyclic amines) is 1. The van der Waals surface area contributed by atoms with E-state index in [4.69, 9.17) is 0 Å². The Kier molecular flexibility index (Phi) is 4.53. The lowest BCUT2D eigenvalue weighted by molar-refractivity contribution is -0.138. The standard InChI is InChI=1S/C19H27NO2/c1-2-15-3-5-16(6-4-15)9-13-20-14-12-19(18(20)22)10-7-17(21)8-11-19/h3-6,17,21H,2,7-14H2,1H3/t17-,19+. The van der Waals surface area contributed by atoms with Gasteiger partial charge in [0.2, 0.25) is 5.91 Å². The molecule has 1 heterocycles. The summed E-state index contributed by atoms with van der Waals surface area (Å²) < 4.78 is 0. The molecule has 3 rings (SSSR count). The first-order valence-electron chi connectivity index (χ1n) is 8.68. The van der Waals surface area contributed by atoms with Crippen LogP contribution >= 0.6 is 0 Å². The van der Waals surface area contributed by atoms with Crippen molar-refractivity contribution in [2.75, 3.05) is 13.1 Å². The molecule has 120 valence electrons. The summed E-state index contributed by atoms with van der Waals surface area (Å²) in [5, 5.41) is 9.67. The quantitative estimate of drug-likeness (QED) is 0.929. The lowest BCUT2D eigenvalue weighted by Gasteiger charge is -2.33. The van der Waals surface area contributed by atoms with Crippen LogP contribution in [0, 0.1) is 5.41 Å². The molecular weight excluding hydrogens is 274 g/mol. The summed E-state index contributed by atoms with van der Waals surface area (Å²) in [5.74, 6) is 0.338. The van der Waals surface area contributed by atoms with Gasteiger partial charge in [-0.2, -0.15) is 0 Å². The van der Waals surface area contributed by atoms with Gasteiger partial charge in [0.1, 0.15) is 0 Å². The molecule has 2 aliphatic rings. The monoisotopic (exact) mass is 301 g/mol. The Morgan fingerprint density at radius 3 is 2.41 bits per heavy atom. The van der Waals surface area contributed by atoms with Crippen LogP contribution in [0.15, 0.2) is 24.3 Å². The van der Waals surface area contributed by atoms with Gasteiger partial charge in [0, 0.05) is 13.1 Å². The van der Waals surface area contributed by atoms with Crippen LogP contribution in [0.5, 0.6) is 0 Å². The van der Waals surface area contributed by atoms with Crippen molar-refractivity contribution < 1.29 is 9.90 Å². The lowest BCUT2D eigenvalue weighted by atomic mass is 9.72. The Bertz CT molecular complexity index is 515. The van der Waals surface area contributed by atoms with Gasteiger partial charge in [-0.05, 0) is 56.1 Å². The Hall–Kier alpha value is -1.35. The SMILES string of the molecule is CCc1ccc(CCN2CC[C@]3(CC[C@H](O)CC3)C2=O)cc1. The highest BCUT2D eigenvalue weighted by Gasteiger charge is 2.47. The van der Waals surface area contributed by atoms with Crippen molar-refractivity contribution in [2.24, 2.45) is 5.41 Å². The Labute approximate surface area is 133 Å². The number of amides is 1. The second kappa shape index (κ2) is 6.41. The van der Waals surface area contributed by atoms with E-state index < -0.39 is 0 Å². The van der Waals surface area contributed by atoms with E-state index in [1.54, 1.807) is 0 Å². The van der Waals surface area contributed by atoms with Crippen molar-refractivity contribution in [1.29, 1.82) is 0 Å². The second-order valence-electron chi connectivity index (χ2n) is 6.97. The lowest BCUT2D eigenvalue weighted by Crippen LogP contribution is -2.39. The molecule has 0 radical (unpaired) electrons. The van der Waals surface area contributed by atoms with Crippen LogP contribution < -0.4 is 0 Å². The second-order valence-corrected chi connectivity index (χ2v) is 6.97. The van der Waals surface area contributed by atoms with Gasteiger partial charge in [0.05, 0.1) is 11.5 Å². The minimum atomic E-state index is -0.190. The van der Waals surface area contributed by atoms with Gasteiger partial charge < -0.3 is 10.0 Å². The maximum atomic E-state index is 12.8. The third-order valence-corrected chi connectivity index (χ3v) is 5.62. The summed E-state index contributed by atoms with van der Waals surface area (Å²) in [6.45, 7) is 3.88. The molecule has 3 heteroatoms. The van der Waals surface area contributed by atoms with Crippen LogP contribution in [0.3, 0.4) is 0 Å². The summed E-state index contributed by atoms with van der Waals surface area (Å²) in [5.41, 5.74) is 2.52. The smallest absolute Gasteiger partial charge is 0.228 e. The van der Waals surface area contributed by atoms with Crippen LogP contribution in [0.2, 0.25) is 0 Å². The van der Waals surface area contributed by atoms with Crippen LogP contribution in [-0.4, -0.2) is 35.1 Å². The molecular formula is C19H27NO2. The minimum Gasteiger partial charge on any atom is -0.393 e. The Morgan fingerprint density at radius 1 is 1.14 bits per heavy atom. The molecule has 3 nitrogen and oxygen atoms in total. The van der Waals surface area contributed by atoms with Gasteiger partial charge in [-0.3, -0.25) is 4.79 Å². The van der Waals surface area contributed by atoms with Crippen LogP contribution in [-0.2, 0) is 17.6 Å². The number of aliphatic hydroxyl groups excluding tert-OH is 1. The number of carbonyl (C=O) groups excluding carboxylic acids is 1. The van der Waals surface area contributed by atoms with E-state index in [2.05, 4.69) is 31.2 Å².